The standard InChI is InChI=1S/C22H25N3O3S/c1-15(2)14-29-19-9-7-18(8-10-19)22-24-21(25-28-22)17-5-3-16(4-6-17)13-23-12-11-20(26)27/h3-10,15,23H,11-14H2,1-2H3,(H,26,27). The highest BCUT2D eigenvalue weighted by atomic mass is 32.2. The van der Waals surface area contributed by atoms with E-state index in [0.29, 0.717) is 30.7 Å². The van der Waals surface area contributed by atoms with Gasteiger partial charge >= 0.3 is 5.97 Å². The fraction of sp³-hybridized carbons (Fsp3) is 0.318. The molecule has 29 heavy (non-hydrogen) atoms. The first-order chi connectivity index (χ1) is 14.0. The van der Waals surface area contributed by atoms with Crippen molar-refractivity contribution in [1.82, 2.24) is 15.5 Å². The van der Waals surface area contributed by atoms with Gasteiger partial charge in [-0.05, 0) is 35.7 Å². The molecular formula is C22H25N3O3S. The quantitative estimate of drug-likeness (QED) is 0.369. The highest BCUT2D eigenvalue weighted by Crippen LogP contribution is 2.26. The number of nitrogens with zero attached hydrogens (tertiary/aromatic N) is 2. The molecule has 7 heteroatoms. The Bertz CT molecular complexity index is 921. The van der Waals surface area contributed by atoms with E-state index < -0.39 is 5.97 Å². The van der Waals surface area contributed by atoms with Gasteiger partial charge < -0.3 is 14.9 Å². The number of carboxylic acid groups (broad SMARTS) is 1. The summed E-state index contributed by atoms with van der Waals surface area (Å²) in [5, 5.41) is 15.9. The third kappa shape index (κ3) is 6.44. The third-order valence-corrected chi connectivity index (χ3v) is 5.61. The molecule has 0 aliphatic carbocycles. The van der Waals surface area contributed by atoms with Crippen molar-refractivity contribution in [2.45, 2.75) is 31.7 Å². The molecule has 152 valence electrons. The SMILES string of the molecule is CC(C)CSc1ccc(-c2nc(-c3ccc(CNCCC(=O)O)cc3)no2)cc1. The van der Waals surface area contributed by atoms with E-state index in [9.17, 15) is 4.79 Å². The van der Waals surface area contributed by atoms with Crippen LogP contribution in [0.5, 0.6) is 0 Å². The molecule has 0 saturated carbocycles. The van der Waals surface area contributed by atoms with Crippen molar-refractivity contribution >= 4 is 17.7 Å². The van der Waals surface area contributed by atoms with Crippen LogP contribution in [-0.4, -0.2) is 33.5 Å². The van der Waals surface area contributed by atoms with Gasteiger partial charge in [-0.3, -0.25) is 4.79 Å². The Kier molecular flexibility index (Phi) is 7.43. The number of carbonyl (C=O) groups is 1. The lowest BCUT2D eigenvalue weighted by atomic mass is 10.1. The number of nitrogens with one attached hydrogen (secondary N) is 1. The lowest BCUT2D eigenvalue weighted by Gasteiger charge is -2.04. The minimum absolute atomic E-state index is 0.112. The number of carboxylic acids is 1. The summed E-state index contributed by atoms with van der Waals surface area (Å²) < 4.78 is 5.44. The van der Waals surface area contributed by atoms with E-state index in [1.54, 1.807) is 0 Å². The molecule has 6 nitrogen and oxygen atoms in total. The van der Waals surface area contributed by atoms with Crippen LogP contribution in [0.25, 0.3) is 22.8 Å². The first-order valence-electron chi connectivity index (χ1n) is 9.60. The molecule has 3 rings (SSSR count). The number of rotatable bonds is 10. The molecule has 0 radical (unpaired) electrons. The lowest BCUT2D eigenvalue weighted by Crippen LogP contribution is -2.17. The van der Waals surface area contributed by atoms with Gasteiger partial charge in [0.1, 0.15) is 0 Å². The molecule has 0 unspecified atom stereocenters. The van der Waals surface area contributed by atoms with Crippen molar-refractivity contribution in [2.75, 3.05) is 12.3 Å². The molecule has 0 atom stereocenters. The zero-order valence-electron chi connectivity index (χ0n) is 16.6. The van der Waals surface area contributed by atoms with Gasteiger partial charge in [0.2, 0.25) is 5.82 Å². The number of hydrogen-bond acceptors (Lipinski definition) is 6. The first kappa shape index (κ1) is 21.1. The highest BCUT2D eigenvalue weighted by molar-refractivity contribution is 7.99. The Morgan fingerprint density at radius 3 is 2.45 bits per heavy atom. The molecule has 0 aliphatic heterocycles. The van der Waals surface area contributed by atoms with Gasteiger partial charge in [-0.1, -0.05) is 43.3 Å². The summed E-state index contributed by atoms with van der Waals surface area (Å²) in [7, 11) is 0. The Balaban J connectivity index is 1.60. The van der Waals surface area contributed by atoms with Gasteiger partial charge in [-0.2, -0.15) is 4.98 Å². The largest absolute Gasteiger partial charge is 0.481 e. The topological polar surface area (TPSA) is 88.2 Å². The predicted octanol–water partition coefficient (Wildman–Crippen LogP) is 4.72. The second-order valence-electron chi connectivity index (χ2n) is 7.17. The normalized spacial score (nSPS) is 11.1. The van der Waals surface area contributed by atoms with Gasteiger partial charge in [-0.15, -0.1) is 11.8 Å². The minimum atomic E-state index is -0.801. The molecule has 3 aromatic rings. The van der Waals surface area contributed by atoms with E-state index in [4.69, 9.17) is 9.63 Å². The van der Waals surface area contributed by atoms with Crippen molar-refractivity contribution in [3.8, 4) is 22.8 Å². The number of thioether (sulfide) groups is 1. The van der Waals surface area contributed by atoms with Gasteiger partial charge in [-0.25, -0.2) is 0 Å². The second kappa shape index (κ2) is 10.2. The van der Waals surface area contributed by atoms with E-state index in [0.717, 1.165) is 22.4 Å². The molecule has 0 amide bonds. The average Bonchev–Trinajstić information content (AvgIpc) is 3.20. The van der Waals surface area contributed by atoms with Crippen LogP contribution in [0, 0.1) is 5.92 Å². The molecule has 0 spiro atoms. The maximum Gasteiger partial charge on any atom is 0.304 e. The zero-order valence-corrected chi connectivity index (χ0v) is 17.4. The summed E-state index contributed by atoms with van der Waals surface area (Å²) in [5.41, 5.74) is 2.84. The minimum Gasteiger partial charge on any atom is -0.481 e. The van der Waals surface area contributed by atoms with Gasteiger partial charge in [0.15, 0.2) is 0 Å². The van der Waals surface area contributed by atoms with Crippen LogP contribution in [0.1, 0.15) is 25.8 Å². The molecule has 0 fully saturated rings. The summed E-state index contributed by atoms with van der Waals surface area (Å²) >= 11 is 1.84. The molecular weight excluding hydrogens is 386 g/mol. The smallest absolute Gasteiger partial charge is 0.304 e. The van der Waals surface area contributed by atoms with Crippen LogP contribution in [0.3, 0.4) is 0 Å². The van der Waals surface area contributed by atoms with E-state index in [1.807, 2.05) is 48.2 Å². The molecule has 0 bridgehead atoms. The predicted molar refractivity (Wildman–Crippen MR) is 115 cm³/mol. The van der Waals surface area contributed by atoms with Crippen molar-refractivity contribution in [3.05, 3.63) is 54.1 Å². The van der Waals surface area contributed by atoms with Crippen LogP contribution in [0.2, 0.25) is 0 Å². The van der Waals surface area contributed by atoms with Crippen molar-refractivity contribution < 1.29 is 14.4 Å². The van der Waals surface area contributed by atoms with Crippen molar-refractivity contribution in [3.63, 3.8) is 0 Å². The van der Waals surface area contributed by atoms with Crippen molar-refractivity contribution in [2.24, 2.45) is 5.92 Å². The molecule has 2 N–H and O–H groups in total. The van der Waals surface area contributed by atoms with Crippen LogP contribution >= 0.6 is 11.8 Å². The zero-order chi connectivity index (χ0) is 20.6. The number of aliphatic carboxylic acids is 1. The summed E-state index contributed by atoms with van der Waals surface area (Å²) in [4.78, 5) is 16.3. The third-order valence-electron chi connectivity index (χ3n) is 4.17. The van der Waals surface area contributed by atoms with Crippen LogP contribution < -0.4 is 5.32 Å². The average molecular weight is 412 g/mol. The van der Waals surface area contributed by atoms with Gasteiger partial charge in [0.05, 0.1) is 6.42 Å². The lowest BCUT2D eigenvalue weighted by molar-refractivity contribution is -0.136. The Morgan fingerprint density at radius 2 is 1.79 bits per heavy atom. The molecule has 2 aromatic carbocycles. The molecule has 0 aliphatic rings. The van der Waals surface area contributed by atoms with Gasteiger partial charge in [0, 0.05) is 34.9 Å². The summed E-state index contributed by atoms with van der Waals surface area (Å²) in [6, 6.07) is 16.0. The van der Waals surface area contributed by atoms with Crippen LogP contribution in [-0.2, 0) is 11.3 Å². The first-order valence-corrected chi connectivity index (χ1v) is 10.6. The van der Waals surface area contributed by atoms with Gasteiger partial charge in [0.25, 0.3) is 5.89 Å². The van der Waals surface area contributed by atoms with Crippen LogP contribution in [0.15, 0.2) is 57.9 Å². The van der Waals surface area contributed by atoms with E-state index >= 15 is 0 Å². The fourth-order valence-electron chi connectivity index (χ4n) is 2.61. The number of hydrogen-bond donors (Lipinski definition) is 2. The molecule has 1 aromatic heterocycles. The van der Waals surface area contributed by atoms with E-state index in [-0.39, 0.29) is 6.42 Å². The van der Waals surface area contributed by atoms with Crippen LogP contribution in [0.4, 0.5) is 0 Å². The number of aromatic nitrogens is 2. The maximum atomic E-state index is 10.5. The molecule has 0 saturated heterocycles. The fourth-order valence-corrected chi connectivity index (χ4v) is 3.47. The Morgan fingerprint density at radius 1 is 1.10 bits per heavy atom. The second-order valence-corrected chi connectivity index (χ2v) is 8.26. The van der Waals surface area contributed by atoms with E-state index in [1.165, 1.54) is 4.90 Å². The van der Waals surface area contributed by atoms with E-state index in [2.05, 4.69) is 41.4 Å². The monoisotopic (exact) mass is 411 g/mol. The highest BCUT2D eigenvalue weighted by Gasteiger charge is 2.11. The Labute approximate surface area is 174 Å². The number of benzene rings is 2. The maximum absolute atomic E-state index is 10.5. The Hall–Kier alpha value is -2.64. The van der Waals surface area contributed by atoms with Crippen molar-refractivity contribution in [1.29, 1.82) is 0 Å². The molecule has 1 heterocycles. The summed E-state index contributed by atoms with van der Waals surface area (Å²) in [5.74, 6) is 1.99. The summed E-state index contributed by atoms with van der Waals surface area (Å²) in [6.45, 7) is 5.49. The summed E-state index contributed by atoms with van der Waals surface area (Å²) in [6.07, 6.45) is 0.112.